The van der Waals surface area contributed by atoms with Crippen molar-refractivity contribution in [1.29, 1.82) is 0 Å². The van der Waals surface area contributed by atoms with E-state index in [1.54, 1.807) is 23.7 Å². The van der Waals surface area contributed by atoms with Crippen LogP contribution >= 0.6 is 11.3 Å². The number of nitrogens with zero attached hydrogens (tertiary/aromatic N) is 2. The topological polar surface area (TPSA) is 49.8 Å². The van der Waals surface area contributed by atoms with E-state index in [0.717, 1.165) is 28.8 Å². The van der Waals surface area contributed by atoms with Gasteiger partial charge in [-0.15, -0.1) is 11.3 Å². The van der Waals surface area contributed by atoms with Gasteiger partial charge in [-0.3, -0.25) is 4.98 Å². The normalized spacial score (nSPS) is 10.2. The number of aromatic nitrogens is 2. The number of benzene rings is 1. The van der Waals surface area contributed by atoms with Crippen molar-refractivity contribution in [2.45, 2.75) is 6.54 Å². The average molecular weight is 308 g/mol. The molecule has 110 valence electrons. The Hall–Kier alpha value is -2.66. The van der Waals surface area contributed by atoms with Crippen molar-refractivity contribution in [3.05, 3.63) is 78.1 Å². The predicted molar refractivity (Wildman–Crippen MR) is 91.9 cm³/mol. The summed E-state index contributed by atoms with van der Waals surface area (Å²) in [7, 11) is 0. The van der Waals surface area contributed by atoms with Crippen LogP contribution in [0.15, 0.2) is 66.8 Å². The van der Waals surface area contributed by atoms with E-state index < -0.39 is 0 Å². The fourth-order valence-corrected chi connectivity index (χ4v) is 2.67. The van der Waals surface area contributed by atoms with Crippen LogP contribution in [0.1, 0.15) is 11.3 Å². The van der Waals surface area contributed by atoms with Crippen LogP contribution < -0.4 is 10.6 Å². The Morgan fingerprint density at radius 1 is 1.09 bits per heavy atom. The van der Waals surface area contributed by atoms with Crippen LogP contribution in [0.25, 0.3) is 5.70 Å². The molecule has 2 heterocycles. The number of nitrogens with one attached hydrogen (secondary N) is 2. The second-order valence-electron chi connectivity index (χ2n) is 4.72. The molecule has 0 fully saturated rings. The number of rotatable bonds is 6. The van der Waals surface area contributed by atoms with Crippen LogP contribution in [0, 0.1) is 0 Å². The minimum absolute atomic E-state index is 0.740. The summed E-state index contributed by atoms with van der Waals surface area (Å²) in [5.41, 5.74) is 3.87. The zero-order valence-corrected chi connectivity index (χ0v) is 12.8. The molecule has 0 aliphatic carbocycles. The molecule has 3 rings (SSSR count). The lowest BCUT2D eigenvalue weighted by Gasteiger charge is -2.07. The van der Waals surface area contributed by atoms with Crippen LogP contribution in [0.3, 0.4) is 0 Å². The standard InChI is InChI=1S/C17H16N4S/c1-13(19-11-14-5-3-2-4-6-14)16-12-22-17(21-16)20-15-7-9-18-10-8-15/h2-10,12,19H,1,11H2,(H,18,20,21). The molecule has 0 aliphatic heterocycles. The Balaban J connectivity index is 1.60. The van der Waals surface area contributed by atoms with Crippen LogP contribution in [-0.2, 0) is 6.54 Å². The molecule has 0 saturated carbocycles. The van der Waals surface area contributed by atoms with Gasteiger partial charge in [-0.25, -0.2) is 4.98 Å². The van der Waals surface area contributed by atoms with E-state index in [4.69, 9.17) is 0 Å². The highest BCUT2D eigenvalue weighted by Crippen LogP contribution is 2.23. The van der Waals surface area contributed by atoms with Gasteiger partial charge >= 0.3 is 0 Å². The summed E-state index contributed by atoms with van der Waals surface area (Å²) in [6, 6.07) is 14.0. The maximum atomic E-state index is 4.54. The molecule has 0 unspecified atom stereocenters. The summed E-state index contributed by atoms with van der Waals surface area (Å²) >= 11 is 1.55. The van der Waals surface area contributed by atoms with Gasteiger partial charge in [0.2, 0.25) is 0 Å². The quantitative estimate of drug-likeness (QED) is 0.721. The number of pyridine rings is 1. The van der Waals surface area contributed by atoms with Gasteiger partial charge in [0.15, 0.2) is 5.13 Å². The molecule has 0 amide bonds. The third kappa shape index (κ3) is 3.71. The summed E-state index contributed by atoms with van der Waals surface area (Å²) in [6.07, 6.45) is 3.49. The third-order valence-corrected chi connectivity index (χ3v) is 3.85. The van der Waals surface area contributed by atoms with Crippen LogP contribution in [-0.4, -0.2) is 9.97 Å². The fraction of sp³-hybridized carbons (Fsp3) is 0.0588. The first kappa shape index (κ1) is 14.3. The Morgan fingerprint density at radius 3 is 2.64 bits per heavy atom. The van der Waals surface area contributed by atoms with Crippen molar-refractivity contribution in [3.8, 4) is 0 Å². The first-order valence-electron chi connectivity index (χ1n) is 6.91. The lowest BCUT2D eigenvalue weighted by molar-refractivity contribution is 0.887. The molecule has 0 saturated heterocycles. The molecule has 0 atom stereocenters. The van der Waals surface area contributed by atoms with Crippen LogP contribution in [0.5, 0.6) is 0 Å². The van der Waals surface area contributed by atoms with E-state index in [1.807, 2.05) is 35.7 Å². The van der Waals surface area contributed by atoms with E-state index in [0.29, 0.717) is 0 Å². The Labute approximate surface area is 133 Å². The molecular formula is C17H16N4S. The van der Waals surface area contributed by atoms with E-state index in [1.165, 1.54) is 5.56 Å². The van der Waals surface area contributed by atoms with Crippen molar-refractivity contribution in [2.75, 3.05) is 5.32 Å². The predicted octanol–water partition coefficient (Wildman–Crippen LogP) is 4.04. The van der Waals surface area contributed by atoms with Gasteiger partial charge in [0.1, 0.15) is 0 Å². The lowest BCUT2D eigenvalue weighted by atomic mass is 10.2. The molecular weight excluding hydrogens is 292 g/mol. The highest BCUT2D eigenvalue weighted by atomic mass is 32.1. The van der Waals surface area contributed by atoms with E-state index in [9.17, 15) is 0 Å². The molecule has 1 aromatic carbocycles. The molecule has 5 heteroatoms. The SMILES string of the molecule is C=C(NCc1ccccc1)c1csc(Nc2ccncc2)n1. The average Bonchev–Trinajstić information content (AvgIpc) is 3.03. The molecule has 0 aliphatic rings. The summed E-state index contributed by atoms with van der Waals surface area (Å²) in [5.74, 6) is 0. The lowest BCUT2D eigenvalue weighted by Crippen LogP contribution is -2.11. The molecule has 2 N–H and O–H groups in total. The molecule has 0 bridgehead atoms. The highest BCUT2D eigenvalue weighted by Gasteiger charge is 2.05. The maximum Gasteiger partial charge on any atom is 0.187 e. The Bertz CT molecular complexity index is 738. The Kier molecular flexibility index (Phi) is 4.46. The van der Waals surface area contributed by atoms with Gasteiger partial charge in [-0.1, -0.05) is 36.9 Å². The minimum Gasteiger partial charge on any atom is -0.380 e. The largest absolute Gasteiger partial charge is 0.380 e. The summed E-state index contributed by atoms with van der Waals surface area (Å²) in [6.45, 7) is 4.80. The van der Waals surface area contributed by atoms with Gasteiger partial charge in [0, 0.05) is 30.0 Å². The molecule has 22 heavy (non-hydrogen) atoms. The molecule has 3 aromatic rings. The smallest absolute Gasteiger partial charge is 0.187 e. The Morgan fingerprint density at radius 2 is 1.86 bits per heavy atom. The molecule has 0 spiro atoms. The summed E-state index contributed by atoms with van der Waals surface area (Å²) in [5, 5.41) is 9.38. The molecule has 2 aromatic heterocycles. The van der Waals surface area contributed by atoms with Gasteiger partial charge in [0.25, 0.3) is 0 Å². The van der Waals surface area contributed by atoms with Crippen LogP contribution in [0.4, 0.5) is 10.8 Å². The van der Waals surface area contributed by atoms with Crippen molar-refractivity contribution < 1.29 is 0 Å². The maximum absolute atomic E-state index is 4.54. The fourth-order valence-electron chi connectivity index (χ4n) is 1.92. The number of hydrogen-bond acceptors (Lipinski definition) is 5. The van der Waals surface area contributed by atoms with E-state index in [-0.39, 0.29) is 0 Å². The third-order valence-electron chi connectivity index (χ3n) is 3.09. The number of thiazole rings is 1. The van der Waals surface area contributed by atoms with Gasteiger partial charge in [-0.05, 0) is 17.7 Å². The number of anilines is 2. The van der Waals surface area contributed by atoms with E-state index in [2.05, 4.69) is 39.3 Å². The zero-order valence-electron chi connectivity index (χ0n) is 12.0. The zero-order chi connectivity index (χ0) is 15.2. The van der Waals surface area contributed by atoms with Crippen molar-refractivity contribution in [2.24, 2.45) is 0 Å². The molecule has 4 nitrogen and oxygen atoms in total. The monoisotopic (exact) mass is 308 g/mol. The molecule has 0 radical (unpaired) electrons. The summed E-state index contributed by atoms with van der Waals surface area (Å²) in [4.78, 5) is 8.54. The first-order chi connectivity index (χ1) is 10.8. The van der Waals surface area contributed by atoms with Gasteiger partial charge in [0.05, 0.1) is 11.4 Å². The first-order valence-corrected chi connectivity index (χ1v) is 7.79. The van der Waals surface area contributed by atoms with Crippen molar-refractivity contribution in [1.82, 2.24) is 15.3 Å². The van der Waals surface area contributed by atoms with Crippen LogP contribution in [0.2, 0.25) is 0 Å². The van der Waals surface area contributed by atoms with Gasteiger partial charge < -0.3 is 10.6 Å². The summed E-state index contributed by atoms with van der Waals surface area (Å²) < 4.78 is 0. The second kappa shape index (κ2) is 6.87. The van der Waals surface area contributed by atoms with E-state index >= 15 is 0 Å². The second-order valence-corrected chi connectivity index (χ2v) is 5.57. The number of hydrogen-bond donors (Lipinski definition) is 2. The van der Waals surface area contributed by atoms with Gasteiger partial charge in [-0.2, -0.15) is 0 Å². The highest BCUT2D eigenvalue weighted by molar-refractivity contribution is 7.13. The van der Waals surface area contributed by atoms with Crippen molar-refractivity contribution in [3.63, 3.8) is 0 Å². The van der Waals surface area contributed by atoms with Crippen molar-refractivity contribution >= 4 is 27.9 Å². The minimum atomic E-state index is 0.740.